The van der Waals surface area contributed by atoms with Crippen LogP contribution >= 0.6 is 0 Å². The summed E-state index contributed by atoms with van der Waals surface area (Å²) in [5.41, 5.74) is 5.05. The largest absolute Gasteiger partial charge is 0.337 e. The first kappa shape index (κ1) is 21.8. The molecule has 2 aromatic carbocycles. The number of nitrogens with zero attached hydrogens (tertiary/aromatic N) is 2. The molecule has 0 unspecified atom stereocenters. The Labute approximate surface area is 187 Å². The molecule has 0 radical (unpaired) electrons. The molecule has 8 heteroatoms. The van der Waals surface area contributed by atoms with Gasteiger partial charge in [0.15, 0.2) is 5.82 Å². The summed E-state index contributed by atoms with van der Waals surface area (Å²) in [6.07, 6.45) is 2.16. The summed E-state index contributed by atoms with van der Waals surface area (Å²) in [6.45, 7) is 7.28. The van der Waals surface area contributed by atoms with Gasteiger partial charge in [0.05, 0.1) is 17.7 Å². The zero-order valence-corrected chi connectivity index (χ0v) is 18.8. The Bertz CT molecular complexity index is 1150. The Morgan fingerprint density at radius 3 is 2.72 bits per heavy atom. The molecule has 1 aromatic heterocycles. The second-order valence-corrected chi connectivity index (χ2v) is 8.69. The molecule has 0 spiro atoms. The van der Waals surface area contributed by atoms with Crippen molar-refractivity contribution in [1.29, 1.82) is 0 Å². The van der Waals surface area contributed by atoms with Gasteiger partial charge in [-0.15, -0.1) is 5.10 Å². The highest BCUT2D eigenvalue weighted by Crippen LogP contribution is 2.34. The van der Waals surface area contributed by atoms with Gasteiger partial charge < -0.3 is 16.0 Å². The minimum Gasteiger partial charge on any atom is -0.337 e. The number of anilines is 1. The van der Waals surface area contributed by atoms with E-state index >= 15 is 0 Å². The number of nitrogens with one attached hydrogen (secondary N) is 4. The SMILES string of the molecule is CCCCNC(=O)Nn1nc(NC(=O)Cc2ccc3ccccc3c2)c2c1C(C)(C)NC2. The van der Waals surface area contributed by atoms with Gasteiger partial charge in [-0.05, 0) is 36.6 Å². The highest BCUT2D eigenvalue weighted by atomic mass is 16.2. The molecule has 1 aliphatic heterocycles. The van der Waals surface area contributed by atoms with E-state index in [-0.39, 0.29) is 23.9 Å². The smallest absolute Gasteiger partial charge is 0.335 e. The second kappa shape index (κ2) is 9.00. The van der Waals surface area contributed by atoms with E-state index < -0.39 is 0 Å². The summed E-state index contributed by atoms with van der Waals surface area (Å²) in [7, 11) is 0. The van der Waals surface area contributed by atoms with Crippen LogP contribution in [0.2, 0.25) is 0 Å². The lowest BCUT2D eigenvalue weighted by Crippen LogP contribution is -2.39. The van der Waals surface area contributed by atoms with Crippen LogP contribution in [0.5, 0.6) is 0 Å². The first-order chi connectivity index (χ1) is 15.4. The number of benzene rings is 2. The van der Waals surface area contributed by atoms with Gasteiger partial charge in [0.1, 0.15) is 0 Å². The van der Waals surface area contributed by atoms with Crippen molar-refractivity contribution in [3.8, 4) is 0 Å². The maximum absolute atomic E-state index is 12.8. The fourth-order valence-electron chi connectivity index (χ4n) is 4.06. The van der Waals surface area contributed by atoms with Crippen molar-refractivity contribution in [3.63, 3.8) is 0 Å². The molecule has 0 saturated heterocycles. The molecule has 32 heavy (non-hydrogen) atoms. The molecule has 0 bridgehead atoms. The average molecular weight is 435 g/mol. The highest BCUT2D eigenvalue weighted by Gasteiger charge is 2.37. The Morgan fingerprint density at radius 2 is 1.94 bits per heavy atom. The monoisotopic (exact) mass is 434 g/mol. The van der Waals surface area contributed by atoms with Crippen LogP contribution in [0.1, 0.15) is 50.4 Å². The van der Waals surface area contributed by atoms with Gasteiger partial charge in [0.2, 0.25) is 5.91 Å². The van der Waals surface area contributed by atoms with E-state index in [1.807, 2.05) is 50.2 Å². The van der Waals surface area contributed by atoms with Crippen molar-refractivity contribution in [1.82, 2.24) is 20.5 Å². The number of amides is 3. The number of fused-ring (bicyclic) bond motifs is 2. The molecular formula is C24H30N6O2. The lowest BCUT2D eigenvalue weighted by molar-refractivity contribution is -0.115. The van der Waals surface area contributed by atoms with Gasteiger partial charge in [-0.1, -0.05) is 55.8 Å². The van der Waals surface area contributed by atoms with Gasteiger partial charge in [-0.3, -0.25) is 4.79 Å². The van der Waals surface area contributed by atoms with Crippen LogP contribution in [-0.2, 0) is 23.3 Å². The van der Waals surface area contributed by atoms with E-state index in [4.69, 9.17) is 0 Å². The molecule has 2 heterocycles. The number of hydrogen-bond donors (Lipinski definition) is 4. The highest BCUT2D eigenvalue weighted by molar-refractivity contribution is 5.93. The molecule has 3 amide bonds. The maximum Gasteiger partial charge on any atom is 0.335 e. The molecule has 0 saturated carbocycles. The molecule has 168 valence electrons. The summed E-state index contributed by atoms with van der Waals surface area (Å²) < 4.78 is 0. The number of carbonyl (C=O) groups excluding carboxylic acids is 2. The van der Waals surface area contributed by atoms with Crippen molar-refractivity contribution >= 4 is 28.5 Å². The number of rotatable bonds is 7. The van der Waals surface area contributed by atoms with Crippen molar-refractivity contribution in [2.45, 2.75) is 52.1 Å². The van der Waals surface area contributed by atoms with E-state index in [0.29, 0.717) is 18.9 Å². The third-order valence-electron chi connectivity index (χ3n) is 5.74. The molecule has 1 aliphatic rings. The van der Waals surface area contributed by atoms with Gasteiger partial charge in [0, 0.05) is 18.7 Å². The lowest BCUT2D eigenvalue weighted by atomic mass is 10.0. The predicted molar refractivity (Wildman–Crippen MR) is 126 cm³/mol. The summed E-state index contributed by atoms with van der Waals surface area (Å²) >= 11 is 0. The fourth-order valence-corrected chi connectivity index (χ4v) is 4.06. The summed E-state index contributed by atoms with van der Waals surface area (Å²) in [6, 6.07) is 13.8. The standard InChI is InChI=1S/C24H30N6O2/c1-4-5-12-25-23(32)29-30-21-19(15-26-24(21,2)3)22(28-30)27-20(31)14-16-10-11-17-8-6-7-9-18(17)13-16/h6-11,13,26H,4-5,12,14-15H2,1-3H3,(H2,25,29,32)(H,27,28,31). The number of aromatic nitrogens is 2. The second-order valence-electron chi connectivity index (χ2n) is 8.69. The van der Waals surface area contributed by atoms with E-state index in [9.17, 15) is 9.59 Å². The number of carbonyl (C=O) groups is 2. The number of urea groups is 1. The van der Waals surface area contributed by atoms with Crippen LogP contribution < -0.4 is 21.4 Å². The van der Waals surface area contributed by atoms with Crippen molar-refractivity contribution < 1.29 is 9.59 Å². The van der Waals surface area contributed by atoms with E-state index in [0.717, 1.165) is 40.4 Å². The van der Waals surface area contributed by atoms with E-state index in [1.54, 1.807) is 0 Å². The van der Waals surface area contributed by atoms with Crippen molar-refractivity contribution in [3.05, 3.63) is 59.3 Å². The zero-order valence-electron chi connectivity index (χ0n) is 18.8. The van der Waals surface area contributed by atoms with Crippen LogP contribution in [-0.4, -0.2) is 28.4 Å². The van der Waals surface area contributed by atoms with Crippen LogP contribution in [0.3, 0.4) is 0 Å². The normalized spacial score (nSPS) is 14.2. The molecule has 0 fully saturated rings. The molecule has 8 nitrogen and oxygen atoms in total. The molecule has 0 aliphatic carbocycles. The Morgan fingerprint density at radius 1 is 1.16 bits per heavy atom. The molecular weight excluding hydrogens is 404 g/mol. The minimum absolute atomic E-state index is 0.148. The minimum atomic E-state index is -0.389. The first-order valence-electron chi connectivity index (χ1n) is 11.1. The summed E-state index contributed by atoms with van der Waals surface area (Å²) in [5.74, 6) is 0.322. The summed E-state index contributed by atoms with van der Waals surface area (Å²) in [5, 5.41) is 15.9. The Kier molecular flexibility index (Phi) is 6.14. The van der Waals surface area contributed by atoms with Crippen molar-refractivity contribution in [2.75, 3.05) is 17.3 Å². The predicted octanol–water partition coefficient (Wildman–Crippen LogP) is 3.61. The quantitative estimate of drug-likeness (QED) is 0.427. The van der Waals surface area contributed by atoms with Gasteiger partial charge in [0.25, 0.3) is 0 Å². The van der Waals surface area contributed by atoms with Gasteiger partial charge in [-0.25, -0.2) is 10.2 Å². The van der Waals surface area contributed by atoms with E-state index in [2.05, 4.69) is 39.5 Å². The van der Waals surface area contributed by atoms with Crippen molar-refractivity contribution in [2.24, 2.45) is 0 Å². The lowest BCUT2D eigenvalue weighted by Gasteiger charge is -2.21. The zero-order chi connectivity index (χ0) is 22.7. The Balaban J connectivity index is 1.50. The van der Waals surface area contributed by atoms with Gasteiger partial charge in [-0.2, -0.15) is 4.79 Å². The Hall–Kier alpha value is -3.39. The molecule has 0 atom stereocenters. The molecule has 4 N–H and O–H groups in total. The molecule has 3 aromatic rings. The van der Waals surface area contributed by atoms with Crippen LogP contribution in [0.4, 0.5) is 10.6 Å². The first-order valence-corrected chi connectivity index (χ1v) is 11.1. The number of unbranched alkanes of at least 4 members (excludes halogenated alkanes) is 1. The van der Waals surface area contributed by atoms with Crippen LogP contribution in [0.15, 0.2) is 42.5 Å². The van der Waals surface area contributed by atoms with E-state index in [1.165, 1.54) is 4.79 Å². The summed E-state index contributed by atoms with van der Waals surface area (Å²) in [4.78, 5) is 26.6. The topological polar surface area (TPSA) is 100 Å². The van der Waals surface area contributed by atoms with Gasteiger partial charge >= 0.3 is 6.03 Å². The average Bonchev–Trinajstić information content (AvgIpc) is 3.26. The fraction of sp³-hybridized carbons (Fsp3) is 0.375. The third-order valence-corrected chi connectivity index (χ3v) is 5.74. The van der Waals surface area contributed by atoms with Crippen LogP contribution in [0.25, 0.3) is 10.8 Å². The van der Waals surface area contributed by atoms with Crippen LogP contribution in [0, 0.1) is 0 Å². The molecule has 4 rings (SSSR count). The number of hydrogen-bond acceptors (Lipinski definition) is 4. The maximum atomic E-state index is 12.8. The third kappa shape index (κ3) is 4.60.